The molecule has 0 aromatic heterocycles. The summed E-state index contributed by atoms with van der Waals surface area (Å²) < 4.78 is 35.6. The Balaban J connectivity index is 3.71. The normalized spacial score (nSPS) is 16.1. The third-order valence-corrected chi connectivity index (χ3v) is 2.14. The standard InChI is InChI=1S/C4H8F3Si/c1-3(5)4(6,7)8-2/h3,8H,1-2H3. The smallest absolute Gasteiger partial charge is 0.242 e. The van der Waals surface area contributed by atoms with Gasteiger partial charge >= 0.3 is 0 Å². The second kappa shape index (κ2) is 2.52. The van der Waals surface area contributed by atoms with Crippen LogP contribution >= 0.6 is 0 Å². The van der Waals surface area contributed by atoms with E-state index >= 15 is 0 Å². The van der Waals surface area contributed by atoms with Gasteiger partial charge in [0, 0.05) is 0 Å². The van der Waals surface area contributed by atoms with E-state index < -0.39 is 21.2 Å². The highest BCUT2D eigenvalue weighted by Crippen LogP contribution is 2.18. The van der Waals surface area contributed by atoms with Crippen molar-refractivity contribution >= 4 is 9.52 Å². The number of rotatable bonds is 2. The van der Waals surface area contributed by atoms with Gasteiger partial charge in [0.2, 0.25) is 0 Å². The van der Waals surface area contributed by atoms with E-state index in [-0.39, 0.29) is 0 Å². The van der Waals surface area contributed by atoms with Crippen molar-refractivity contribution in [3.05, 3.63) is 0 Å². The fraction of sp³-hybridized carbons (Fsp3) is 1.00. The minimum Gasteiger partial charge on any atom is -0.242 e. The zero-order chi connectivity index (χ0) is 6.78. The summed E-state index contributed by atoms with van der Waals surface area (Å²) >= 11 is 0. The number of hydrogen-bond donors (Lipinski definition) is 0. The van der Waals surface area contributed by atoms with Crippen molar-refractivity contribution in [2.24, 2.45) is 0 Å². The molecule has 0 spiro atoms. The summed E-state index contributed by atoms with van der Waals surface area (Å²) in [5, 5.41) is 0. The minimum atomic E-state index is -3.04. The quantitative estimate of drug-likeness (QED) is 0.510. The van der Waals surface area contributed by atoms with Crippen LogP contribution in [0, 0.1) is 0 Å². The van der Waals surface area contributed by atoms with Gasteiger partial charge in [0.05, 0.1) is 0 Å². The van der Waals surface area contributed by atoms with Gasteiger partial charge < -0.3 is 0 Å². The highest BCUT2D eigenvalue weighted by Gasteiger charge is 2.33. The number of alkyl halides is 3. The Hall–Kier alpha value is 0.00688. The van der Waals surface area contributed by atoms with Gasteiger partial charge in [-0.25, -0.2) is 13.2 Å². The molecule has 0 rings (SSSR count). The molecule has 0 aromatic carbocycles. The van der Waals surface area contributed by atoms with Crippen molar-refractivity contribution in [3.63, 3.8) is 0 Å². The lowest BCUT2D eigenvalue weighted by Crippen LogP contribution is -2.32. The molecule has 8 heavy (non-hydrogen) atoms. The Morgan fingerprint density at radius 2 is 1.88 bits per heavy atom. The van der Waals surface area contributed by atoms with Crippen LogP contribution in [0.4, 0.5) is 13.2 Å². The molecule has 0 bridgehead atoms. The summed E-state index contributed by atoms with van der Waals surface area (Å²) in [6.07, 6.45) is -1.98. The summed E-state index contributed by atoms with van der Waals surface area (Å²) in [7, 11) is -1.08. The van der Waals surface area contributed by atoms with Crippen molar-refractivity contribution < 1.29 is 13.2 Å². The fourth-order valence-corrected chi connectivity index (χ4v) is 0.689. The number of halogens is 3. The van der Waals surface area contributed by atoms with Gasteiger partial charge in [-0.2, -0.15) is 0 Å². The average molecular weight is 141 g/mol. The van der Waals surface area contributed by atoms with Gasteiger partial charge in [-0.05, 0) is 6.92 Å². The van der Waals surface area contributed by atoms with Gasteiger partial charge in [0.15, 0.2) is 6.17 Å². The maximum atomic E-state index is 11.9. The first-order valence-corrected chi connectivity index (χ1v) is 4.06. The van der Waals surface area contributed by atoms with Crippen LogP contribution in [0.1, 0.15) is 6.92 Å². The zero-order valence-electron chi connectivity index (χ0n) is 4.79. The van der Waals surface area contributed by atoms with E-state index in [1.165, 1.54) is 6.55 Å². The van der Waals surface area contributed by atoms with Gasteiger partial charge in [-0.1, -0.05) is 6.55 Å². The van der Waals surface area contributed by atoms with Gasteiger partial charge in [-0.3, -0.25) is 0 Å². The van der Waals surface area contributed by atoms with Crippen molar-refractivity contribution in [1.82, 2.24) is 0 Å². The van der Waals surface area contributed by atoms with Crippen LogP contribution in [0.15, 0.2) is 0 Å². The Labute approximate surface area is 48.9 Å². The Morgan fingerprint density at radius 3 is 1.88 bits per heavy atom. The molecule has 0 saturated heterocycles. The second-order valence-electron chi connectivity index (χ2n) is 1.58. The maximum Gasteiger partial charge on any atom is 0.253 e. The summed E-state index contributed by atoms with van der Waals surface area (Å²) in [6.45, 7) is 2.23. The molecular formula is C4H8F3Si. The van der Waals surface area contributed by atoms with Crippen molar-refractivity contribution in [1.29, 1.82) is 0 Å². The lowest BCUT2D eigenvalue weighted by molar-refractivity contribution is 0.0120. The van der Waals surface area contributed by atoms with Crippen LogP contribution in [0.3, 0.4) is 0 Å². The molecule has 1 radical (unpaired) electrons. The fourth-order valence-electron chi connectivity index (χ4n) is 0.230. The molecular weight excluding hydrogens is 133 g/mol. The molecule has 0 aliphatic heterocycles. The maximum absolute atomic E-state index is 11.9. The Kier molecular flexibility index (Phi) is 2.53. The highest BCUT2D eigenvalue weighted by atomic mass is 28.2. The predicted octanol–water partition coefficient (Wildman–Crippen LogP) is 1.42. The van der Waals surface area contributed by atoms with Gasteiger partial charge in [0.25, 0.3) is 5.55 Å². The summed E-state index contributed by atoms with van der Waals surface area (Å²) in [4.78, 5) is 0. The van der Waals surface area contributed by atoms with E-state index in [9.17, 15) is 13.2 Å². The molecule has 0 amide bonds. The summed E-state index contributed by atoms with van der Waals surface area (Å²) in [5.74, 6) is 0. The first-order chi connectivity index (χ1) is 3.50. The third kappa shape index (κ3) is 1.86. The van der Waals surface area contributed by atoms with E-state index in [2.05, 4.69) is 0 Å². The Bertz CT molecular complexity index is 71.7. The van der Waals surface area contributed by atoms with Crippen LogP contribution < -0.4 is 0 Å². The minimum absolute atomic E-state index is 0.885. The molecule has 0 N–H and O–H groups in total. The highest BCUT2D eigenvalue weighted by molar-refractivity contribution is 6.37. The first-order valence-electron chi connectivity index (χ1n) is 2.33. The second-order valence-corrected chi connectivity index (χ2v) is 2.93. The van der Waals surface area contributed by atoms with E-state index in [1.807, 2.05) is 0 Å². The van der Waals surface area contributed by atoms with E-state index in [4.69, 9.17) is 0 Å². The van der Waals surface area contributed by atoms with Crippen LogP contribution in [0.5, 0.6) is 0 Å². The van der Waals surface area contributed by atoms with Crippen LogP contribution in [0.25, 0.3) is 0 Å². The van der Waals surface area contributed by atoms with Crippen molar-refractivity contribution in [3.8, 4) is 0 Å². The lowest BCUT2D eigenvalue weighted by Gasteiger charge is -2.13. The number of hydrogen-bond acceptors (Lipinski definition) is 0. The molecule has 0 aromatic rings. The molecule has 49 valence electrons. The predicted molar refractivity (Wildman–Crippen MR) is 28.5 cm³/mol. The van der Waals surface area contributed by atoms with Crippen LogP contribution in [-0.4, -0.2) is 21.2 Å². The molecule has 0 saturated carbocycles. The van der Waals surface area contributed by atoms with Crippen LogP contribution in [0.2, 0.25) is 6.55 Å². The molecule has 0 heterocycles. The van der Waals surface area contributed by atoms with Gasteiger partial charge in [-0.15, -0.1) is 0 Å². The SMILES string of the molecule is C[SiH]C(F)(F)C(C)F. The molecule has 0 fully saturated rings. The third-order valence-electron chi connectivity index (χ3n) is 0.915. The molecule has 1 atom stereocenters. The van der Waals surface area contributed by atoms with Crippen molar-refractivity contribution in [2.75, 3.05) is 0 Å². The zero-order valence-corrected chi connectivity index (χ0v) is 5.94. The lowest BCUT2D eigenvalue weighted by atomic mass is 10.5. The molecule has 0 aliphatic rings. The average Bonchev–Trinajstić information content (AvgIpc) is 1.67. The van der Waals surface area contributed by atoms with E-state index in [1.54, 1.807) is 0 Å². The first kappa shape index (κ1) is 8.01. The van der Waals surface area contributed by atoms with Gasteiger partial charge in [0.1, 0.15) is 9.52 Å². The monoisotopic (exact) mass is 141 g/mol. The summed E-state index contributed by atoms with van der Waals surface area (Å²) in [5.41, 5.74) is -3.04. The molecule has 0 nitrogen and oxygen atoms in total. The molecule has 0 aliphatic carbocycles. The van der Waals surface area contributed by atoms with E-state index in [0.29, 0.717) is 0 Å². The van der Waals surface area contributed by atoms with Crippen molar-refractivity contribution in [2.45, 2.75) is 25.2 Å². The molecule has 4 heteroatoms. The van der Waals surface area contributed by atoms with E-state index in [0.717, 1.165) is 6.92 Å². The topological polar surface area (TPSA) is 0 Å². The Morgan fingerprint density at radius 1 is 1.50 bits per heavy atom. The summed E-state index contributed by atoms with van der Waals surface area (Å²) in [6, 6.07) is 0. The molecule has 1 unspecified atom stereocenters. The largest absolute Gasteiger partial charge is 0.253 e. The van der Waals surface area contributed by atoms with Crippen LogP contribution in [-0.2, 0) is 0 Å².